The minimum atomic E-state index is -1.23. The van der Waals surface area contributed by atoms with E-state index in [0.29, 0.717) is 17.1 Å². The molecule has 2 aromatic rings. The third-order valence-corrected chi connectivity index (χ3v) is 3.88. The fourth-order valence-corrected chi connectivity index (χ4v) is 2.63. The van der Waals surface area contributed by atoms with Gasteiger partial charge in [-0.1, -0.05) is 12.1 Å². The van der Waals surface area contributed by atoms with E-state index >= 15 is 0 Å². The van der Waals surface area contributed by atoms with Crippen LogP contribution in [0.3, 0.4) is 0 Å². The van der Waals surface area contributed by atoms with E-state index in [1.807, 2.05) is 0 Å². The number of hydrogen-bond donors (Lipinski definition) is 0. The van der Waals surface area contributed by atoms with Crippen LogP contribution in [-0.4, -0.2) is 30.1 Å². The van der Waals surface area contributed by atoms with Crippen LogP contribution < -0.4 is 9.47 Å². The molecule has 0 N–H and O–H groups in total. The largest absolute Gasteiger partial charge is 0.465 e. The van der Waals surface area contributed by atoms with Gasteiger partial charge in [-0.2, -0.15) is 0 Å². The molecule has 0 amide bonds. The molecule has 0 fully saturated rings. The number of nitro groups is 1. The first kappa shape index (κ1) is 17.4. The van der Waals surface area contributed by atoms with Crippen LogP contribution in [0.25, 0.3) is 0 Å². The summed E-state index contributed by atoms with van der Waals surface area (Å²) in [6.07, 6.45) is 0. The lowest BCUT2D eigenvalue weighted by Crippen LogP contribution is -2.24. The maximum absolute atomic E-state index is 12.9. The molecule has 0 bridgehead atoms. The van der Waals surface area contributed by atoms with Crippen molar-refractivity contribution < 1.29 is 28.7 Å². The third kappa shape index (κ3) is 3.34. The molecular weight excluding hydrogens is 342 g/mol. The third-order valence-electron chi connectivity index (χ3n) is 3.88. The number of Topliss-reactive ketones (excluding diaryl/α,β-unsaturated/α-hetero) is 1. The number of ketones is 1. The Balaban J connectivity index is 1.96. The van der Waals surface area contributed by atoms with Crippen LogP contribution in [0.1, 0.15) is 28.8 Å². The second kappa shape index (κ2) is 7.22. The first-order chi connectivity index (χ1) is 12.5. The molecule has 1 aliphatic heterocycles. The highest BCUT2D eigenvalue weighted by atomic mass is 16.7. The zero-order valence-electron chi connectivity index (χ0n) is 13.8. The number of ether oxygens (including phenoxy) is 3. The van der Waals surface area contributed by atoms with Crippen molar-refractivity contribution in [1.29, 1.82) is 0 Å². The highest BCUT2D eigenvalue weighted by Crippen LogP contribution is 2.34. The van der Waals surface area contributed by atoms with Gasteiger partial charge in [0.2, 0.25) is 6.79 Å². The molecule has 0 radical (unpaired) electrons. The summed E-state index contributed by atoms with van der Waals surface area (Å²) < 4.78 is 15.5. The lowest BCUT2D eigenvalue weighted by atomic mass is 9.90. The number of nitrogens with zero attached hydrogens (tertiary/aromatic N) is 1. The predicted octanol–water partition coefficient (Wildman–Crippen LogP) is 2.85. The summed E-state index contributed by atoms with van der Waals surface area (Å²) in [5.74, 6) is -1.50. The maximum Gasteiger partial charge on any atom is 0.321 e. The molecule has 134 valence electrons. The molecule has 26 heavy (non-hydrogen) atoms. The summed E-state index contributed by atoms with van der Waals surface area (Å²) in [4.78, 5) is 35.6. The van der Waals surface area contributed by atoms with E-state index in [1.54, 1.807) is 13.0 Å². The fraction of sp³-hybridized carbons (Fsp3) is 0.222. The van der Waals surface area contributed by atoms with Crippen LogP contribution in [0.15, 0.2) is 42.5 Å². The number of carbonyl (C=O) groups excluding carboxylic acids is 2. The molecule has 0 aromatic heterocycles. The quantitative estimate of drug-likeness (QED) is 0.257. The number of non-ortho nitro benzene ring substituents is 1. The van der Waals surface area contributed by atoms with E-state index in [-0.39, 0.29) is 24.7 Å². The summed E-state index contributed by atoms with van der Waals surface area (Å²) >= 11 is 0. The zero-order valence-corrected chi connectivity index (χ0v) is 13.8. The summed E-state index contributed by atoms with van der Waals surface area (Å²) in [6.45, 7) is 1.81. The Bertz CT molecular complexity index is 860. The Kier molecular flexibility index (Phi) is 4.83. The molecule has 3 rings (SSSR count). The average molecular weight is 357 g/mol. The molecule has 0 aliphatic carbocycles. The molecule has 1 atom stereocenters. The van der Waals surface area contributed by atoms with Crippen LogP contribution in [0.5, 0.6) is 11.5 Å². The Morgan fingerprint density at radius 2 is 1.85 bits per heavy atom. The summed E-state index contributed by atoms with van der Waals surface area (Å²) in [7, 11) is 0. The fourth-order valence-electron chi connectivity index (χ4n) is 2.63. The number of hydrogen-bond acceptors (Lipinski definition) is 7. The molecule has 0 spiro atoms. The van der Waals surface area contributed by atoms with Crippen LogP contribution >= 0.6 is 0 Å². The number of benzene rings is 2. The minimum Gasteiger partial charge on any atom is -0.465 e. The Labute approximate surface area is 148 Å². The van der Waals surface area contributed by atoms with Crippen molar-refractivity contribution in [3.05, 3.63) is 63.7 Å². The number of esters is 1. The number of nitro benzene ring substituents is 1. The van der Waals surface area contributed by atoms with Gasteiger partial charge in [-0.25, -0.2) is 0 Å². The Morgan fingerprint density at radius 1 is 1.15 bits per heavy atom. The SMILES string of the molecule is CCOC(=O)C(C(=O)c1ccc2c(c1)OCO2)c1ccc([N+](=O)[O-])cc1. The zero-order chi connectivity index (χ0) is 18.7. The van der Waals surface area contributed by atoms with Gasteiger partial charge in [0.1, 0.15) is 5.92 Å². The van der Waals surface area contributed by atoms with Gasteiger partial charge in [0, 0.05) is 17.7 Å². The van der Waals surface area contributed by atoms with Crippen LogP contribution in [0.4, 0.5) is 5.69 Å². The first-order valence-electron chi connectivity index (χ1n) is 7.86. The molecule has 8 heteroatoms. The normalized spacial score (nSPS) is 13.1. The Hall–Kier alpha value is -3.42. The van der Waals surface area contributed by atoms with E-state index in [1.165, 1.54) is 36.4 Å². The lowest BCUT2D eigenvalue weighted by molar-refractivity contribution is -0.384. The van der Waals surface area contributed by atoms with Crippen molar-refractivity contribution in [3.63, 3.8) is 0 Å². The summed E-state index contributed by atoms with van der Waals surface area (Å²) in [5, 5.41) is 10.8. The smallest absolute Gasteiger partial charge is 0.321 e. The molecular formula is C18H15NO7. The van der Waals surface area contributed by atoms with E-state index in [0.717, 1.165) is 0 Å². The highest BCUT2D eigenvalue weighted by molar-refractivity contribution is 6.13. The average Bonchev–Trinajstić information content (AvgIpc) is 3.10. The predicted molar refractivity (Wildman–Crippen MR) is 89.4 cm³/mol. The lowest BCUT2D eigenvalue weighted by Gasteiger charge is -2.15. The topological polar surface area (TPSA) is 105 Å². The molecule has 2 aromatic carbocycles. The molecule has 0 saturated heterocycles. The van der Waals surface area contributed by atoms with Crippen molar-refractivity contribution in [3.8, 4) is 11.5 Å². The van der Waals surface area contributed by atoms with E-state index in [2.05, 4.69) is 0 Å². The van der Waals surface area contributed by atoms with Crippen molar-refractivity contribution in [1.82, 2.24) is 0 Å². The van der Waals surface area contributed by atoms with Gasteiger partial charge in [0.25, 0.3) is 5.69 Å². The molecule has 1 aliphatic rings. The van der Waals surface area contributed by atoms with Crippen LogP contribution in [0, 0.1) is 10.1 Å². The molecule has 1 unspecified atom stereocenters. The second-order valence-corrected chi connectivity index (χ2v) is 5.47. The second-order valence-electron chi connectivity index (χ2n) is 5.47. The van der Waals surface area contributed by atoms with Gasteiger partial charge in [0.15, 0.2) is 17.3 Å². The highest BCUT2D eigenvalue weighted by Gasteiger charge is 2.32. The van der Waals surface area contributed by atoms with Gasteiger partial charge in [-0.05, 0) is 30.7 Å². The maximum atomic E-state index is 12.9. The van der Waals surface area contributed by atoms with Crippen molar-refractivity contribution in [2.75, 3.05) is 13.4 Å². The molecule has 1 heterocycles. The molecule has 0 saturated carbocycles. The van der Waals surface area contributed by atoms with Crippen molar-refractivity contribution in [2.45, 2.75) is 12.8 Å². The van der Waals surface area contributed by atoms with Crippen LogP contribution in [0.2, 0.25) is 0 Å². The summed E-state index contributed by atoms with van der Waals surface area (Å²) in [5.41, 5.74) is 0.439. The number of rotatable bonds is 6. The monoisotopic (exact) mass is 357 g/mol. The first-order valence-corrected chi connectivity index (χ1v) is 7.86. The van der Waals surface area contributed by atoms with Crippen LogP contribution in [-0.2, 0) is 9.53 Å². The van der Waals surface area contributed by atoms with Crippen molar-refractivity contribution in [2.24, 2.45) is 0 Å². The summed E-state index contributed by atoms with van der Waals surface area (Å²) in [6, 6.07) is 9.88. The van der Waals surface area contributed by atoms with Gasteiger partial charge < -0.3 is 14.2 Å². The van der Waals surface area contributed by atoms with Crippen molar-refractivity contribution >= 4 is 17.4 Å². The van der Waals surface area contributed by atoms with E-state index < -0.39 is 22.6 Å². The van der Waals surface area contributed by atoms with Gasteiger partial charge >= 0.3 is 5.97 Å². The number of fused-ring (bicyclic) bond motifs is 1. The Morgan fingerprint density at radius 3 is 2.50 bits per heavy atom. The number of carbonyl (C=O) groups is 2. The van der Waals surface area contributed by atoms with E-state index in [9.17, 15) is 19.7 Å². The van der Waals surface area contributed by atoms with Gasteiger partial charge in [-0.3, -0.25) is 19.7 Å². The minimum absolute atomic E-state index is 0.0661. The molecule has 8 nitrogen and oxygen atoms in total. The van der Waals surface area contributed by atoms with Gasteiger partial charge in [-0.15, -0.1) is 0 Å². The standard InChI is InChI=1S/C18H15NO7/c1-2-24-18(21)16(11-3-6-13(7-4-11)19(22)23)17(20)12-5-8-14-15(9-12)26-10-25-14/h3-9,16H,2,10H2,1H3. The van der Waals surface area contributed by atoms with Gasteiger partial charge in [0.05, 0.1) is 11.5 Å². The van der Waals surface area contributed by atoms with E-state index in [4.69, 9.17) is 14.2 Å².